The van der Waals surface area contributed by atoms with Gasteiger partial charge in [-0.15, -0.1) is 0 Å². The number of carbonyl (C=O) groups is 1. The molecule has 114 valence electrons. The van der Waals surface area contributed by atoms with Crippen molar-refractivity contribution in [2.24, 2.45) is 0 Å². The minimum atomic E-state index is -3.29. The first-order valence-electron chi connectivity index (χ1n) is 7.29. The summed E-state index contributed by atoms with van der Waals surface area (Å²) >= 11 is 0. The normalized spacial score (nSPS) is 28.3. The smallest absolute Gasteiger partial charge is 0.251 e. The lowest BCUT2D eigenvalue weighted by Gasteiger charge is -2.29. The van der Waals surface area contributed by atoms with Crippen molar-refractivity contribution in [2.45, 2.75) is 48.7 Å². The van der Waals surface area contributed by atoms with Gasteiger partial charge in [-0.3, -0.25) is 4.79 Å². The summed E-state index contributed by atoms with van der Waals surface area (Å²) < 4.78 is 23.1. The fraction of sp³-hybridized carbons (Fsp3) is 0.533. The fourth-order valence-electron chi connectivity index (χ4n) is 3.31. The quantitative estimate of drug-likeness (QED) is 0.877. The predicted octanol–water partition coefficient (Wildman–Crippen LogP) is 1.10. The lowest BCUT2D eigenvalue weighted by atomic mass is 9.99. The van der Waals surface area contributed by atoms with Crippen molar-refractivity contribution < 1.29 is 13.2 Å². The molecule has 0 radical (unpaired) electrons. The minimum Gasteiger partial charge on any atom is -0.349 e. The van der Waals surface area contributed by atoms with E-state index in [4.69, 9.17) is 0 Å². The zero-order chi connectivity index (χ0) is 15.0. The van der Waals surface area contributed by atoms with Crippen LogP contribution in [-0.2, 0) is 9.84 Å². The van der Waals surface area contributed by atoms with Crippen molar-refractivity contribution in [3.05, 3.63) is 29.8 Å². The Labute approximate surface area is 125 Å². The second-order valence-electron chi connectivity index (χ2n) is 6.08. The van der Waals surface area contributed by atoms with Gasteiger partial charge in [0.25, 0.3) is 5.91 Å². The maximum absolute atomic E-state index is 12.3. The molecule has 6 heteroatoms. The maximum atomic E-state index is 12.3. The number of piperidine rings is 1. The highest BCUT2D eigenvalue weighted by Crippen LogP contribution is 2.27. The fourth-order valence-corrected chi connectivity index (χ4v) is 3.98. The van der Waals surface area contributed by atoms with Crippen LogP contribution >= 0.6 is 0 Å². The minimum absolute atomic E-state index is 0.179. The summed E-state index contributed by atoms with van der Waals surface area (Å²) in [5, 5.41) is 6.57. The largest absolute Gasteiger partial charge is 0.349 e. The molecule has 3 rings (SSSR count). The third kappa shape index (κ3) is 3.27. The van der Waals surface area contributed by atoms with Crippen molar-refractivity contribution >= 4 is 15.7 Å². The summed E-state index contributed by atoms with van der Waals surface area (Å²) in [6, 6.07) is 7.42. The standard InChI is InChI=1S/C15H20N2O3S/c1-21(19,20)14-4-2-3-10(7-14)15(18)17-13-8-11-5-6-12(9-13)16-11/h2-4,7,11-13,16H,5-6,8-9H2,1H3,(H,17,18). The van der Waals surface area contributed by atoms with E-state index in [0.29, 0.717) is 17.6 Å². The van der Waals surface area contributed by atoms with Crippen LogP contribution in [0.1, 0.15) is 36.0 Å². The monoisotopic (exact) mass is 308 g/mol. The molecule has 5 nitrogen and oxygen atoms in total. The van der Waals surface area contributed by atoms with E-state index in [1.165, 1.54) is 25.0 Å². The SMILES string of the molecule is CS(=O)(=O)c1cccc(C(=O)NC2CC3CCC(C2)N3)c1. The van der Waals surface area contributed by atoms with Crippen LogP contribution < -0.4 is 10.6 Å². The van der Waals surface area contributed by atoms with E-state index in [0.717, 1.165) is 19.1 Å². The molecule has 2 aliphatic heterocycles. The molecule has 2 heterocycles. The van der Waals surface area contributed by atoms with Crippen LogP contribution in [-0.4, -0.2) is 38.7 Å². The highest BCUT2D eigenvalue weighted by molar-refractivity contribution is 7.90. The van der Waals surface area contributed by atoms with Crippen molar-refractivity contribution in [1.82, 2.24) is 10.6 Å². The number of rotatable bonds is 3. The van der Waals surface area contributed by atoms with Gasteiger partial charge in [-0.2, -0.15) is 0 Å². The van der Waals surface area contributed by atoms with Crippen LogP contribution in [0.2, 0.25) is 0 Å². The molecular formula is C15H20N2O3S. The number of sulfone groups is 1. The van der Waals surface area contributed by atoms with Gasteiger partial charge in [0.05, 0.1) is 4.90 Å². The highest BCUT2D eigenvalue weighted by Gasteiger charge is 2.34. The molecule has 0 saturated carbocycles. The third-order valence-electron chi connectivity index (χ3n) is 4.33. The maximum Gasteiger partial charge on any atom is 0.251 e. The van der Waals surface area contributed by atoms with E-state index in [2.05, 4.69) is 10.6 Å². The first kappa shape index (κ1) is 14.5. The second kappa shape index (κ2) is 5.42. The molecule has 2 atom stereocenters. The molecule has 0 spiro atoms. The molecule has 1 aromatic rings. The molecule has 1 amide bonds. The molecular weight excluding hydrogens is 288 g/mol. The van der Waals surface area contributed by atoms with Gasteiger partial charge < -0.3 is 10.6 Å². The number of nitrogens with one attached hydrogen (secondary N) is 2. The Balaban J connectivity index is 1.71. The van der Waals surface area contributed by atoms with Gasteiger partial charge in [0.15, 0.2) is 9.84 Å². The average Bonchev–Trinajstić information content (AvgIpc) is 2.77. The summed E-state index contributed by atoms with van der Waals surface area (Å²) in [6.45, 7) is 0. The van der Waals surface area contributed by atoms with Gasteiger partial charge in [-0.05, 0) is 43.9 Å². The zero-order valence-electron chi connectivity index (χ0n) is 12.0. The molecule has 0 aliphatic carbocycles. The topological polar surface area (TPSA) is 75.3 Å². The lowest BCUT2D eigenvalue weighted by molar-refractivity contribution is 0.0924. The molecule has 1 aromatic carbocycles. The second-order valence-corrected chi connectivity index (χ2v) is 8.10. The van der Waals surface area contributed by atoms with Crippen LogP contribution in [0.4, 0.5) is 0 Å². The molecule has 21 heavy (non-hydrogen) atoms. The van der Waals surface area contributed by atoms with Crippen molar-refractivity contribution in [3.8, 4) is 0 Å². The Morgan fingerprint density at radius 3 is 2.52 bits per heavy atom. The van der Waals surface area contributed by atoms with E-state index in [-0.39, 0.29) is 16.8 Å². The number of fused-ring (bicyclic) bond motifs is 2. The Hall–Kier alpha value is -1.40. The number of hydrogen-bond acceptors (Lipinski definition) is 4. The molecule has 2 unspecified atom stereocenters. The number of benzene rings is 1. The summed E-state index contributed by atoms with van der Waals surface area (Å²) in [4.78, 5) is 12.5. The molecule has 0 aromatic heterocycles. The van der Waals surface area contributed by atoms with E-state index >= 15 is 0 Å². The number of carbonyl (C=O) groups excluding carboxylic acids is 1. The van der Waals surface area contributed by atoms with E-state index in [1.54, 1.807) is 12.1 Å². The first-order valence-corrected chi connectivity index (χ1v) is 9.18. The number of hydrogen-bond donors (Lipinski definition) is 2. The van der Waals surface area contributed by atoms with Crippen LogP contribution in [0, 0.1) is 0 Å². The number of amides is 1. The van der Waals surface area contributed by atoms with Crippen LogP contribution in [0.25, 0.3) is 0 Å². The molecule has 2 bridgehead atoms. The Morgan fingerprint density at radius 2 is 1.90 bits per heavy atom. The molecule has 2 saturated heterocycles. The van der Waals surface area contributed by atoms with Gasteiger partial charge in [-0.1, -0.05) is 6.07 Å². The van der Waals surface area contributed by atoms with Gasteiger partial charge in [0.1, 0.15) is 0 Å². The summed E-state index contributed by atoms with van der Waals surface area (Å²) in [5.74, 6) is -0.188. The van der Waals surface area contributed by atoms with Crippen molar-refractivity contribution in [2.75, 3.05) is 6.26 Å². The predicted molar refractivity (Wildman–Crippen MR) is 80.0 cm³/mol. The summed E-state index contributed by atoms with van der Waals surface area (Å²) in [7, 11) is -3.29. The van der Waals surface area contributed by atoms with Crippen LogP contribution in [0.3, 0.4) is 0 Å². The van der Waals surface area contributed by atoms with E-state index < -0.39 is 9.84 Å². The Kier molecular flexibility index (Phi) is 3.75. The van der Waals surface area contributed by atoms with Gasteiger partial charge in [0, 0.05) is 29.9 Å². The molecule has 2 N–H and O–H groups in total. The van der Waals surface area contributed by atoms with Gasteiger partial charge >= 0.3 is 0 Å². The zero-order valence-corrected chi connectivity index (χ0v) is 12.8. The molecule has 2 fully saturated rings. The summed E-state index contributed by atoms with van der Waals surface area (Å²) in [6.07, 6.45) is 5.41. The average molecular weight is 308 g/mol. The van der Waals surface area contributed by atoms with E-state index in [1.807, 2.05) is 0 Å². The van der Waals surface area contributed by atoms with Gasteiger partial charge in [-0.25, -0.2) is 8.42 Å². The van der Waals surface area contributed by atoms with E-state index in [9.17, 15) is 13.2 Å². The van der Waals surface area contributed by atoms with Crippen LogP contribution in [0.15, 0.2) is 29.2 Å². The van der Waals surface area contributed by atoms with Gasteiger partial charge in [0.2, 0.25) is 0 Å². The summed E-state index contributed by atoms with van der Waals surface area (Å²) in [5.41, 5.74) is 0.406. The van der Waals surface area contributed by atoms with Crippen LogP contribution in [0.5, 0.6) is 0 Å². The van der Waals surface area contributed by atoms with Crippen molar-refractivity contribution in [3.63, 3.8) is 0 Å². The Bertz CT molecular complexity index is 645. The molecule has 2 aliphatic rings. The first-order chi connectivity index (χ1) is 9.91. The lowest BCUT2D eigenvalue weighted by Crippen LogP contribution is -2.48. The highest BCUT2D eigenvalue weighted by atomic mass is 32.2. The van der Waals surface area contributed by atoms with Crippen molar-refractivity contribution in [1.29, 1.82) is 0 Å². The third-order valence-corrected chi connectivity index (χ3v) is 5.44. The Morgan fingerprint density at radius 1 is 1.24 bits per heavy atom.